The van der Waals surface area contributed by atoms with E-state index in [0.717, 1.165) is 24.9 Å². The average Bonchev–Trinajstić information content (AvgIpc) is 2.25. The van der Waals surface area contributed by atoms with Crippen LogP contribution in [0.3, 0.4) is 0 Å². The summed E-state index contributed by atoms with van der Waals surface area (Å²) in [6.45, 7) is 9.61. The van der Waals surface area contributed by atoms with Gasteiger partial charge < -0.3 is 5.32 Å². The third-order valence-corrected chi connectivity index (χ3v) is 3.30. The average molecular weight is 237 g/mol. The first kappa shape index (κ1) is 14.2. The second-order valence-electron chi connectivity index (χ2n) is 5.02. The molecule has 0 radical (unpaired) electrons. The van der Waals surface area contributed by atoms with Gasteiger partial charge in [0.2, 0.25) is 0 Å². The number of rotatable bonds is 6. The lowest BCUT2D eigenvalue weighted by Gasteiger charge is -2.22. The highest BCUT2D eigenvalue weighted by Crippen LogP contribution is 2.15. The van der Waals surface area contributed by atoms with Gasteiger partial charge in [-0.15, -0.1) is 0 Å². The molecule has 1 nitrogen and oxygen atoms in total. The molecule has 1 unspecified atom stereocenters. The van der Waals surface area contributed by atoms with Gasteiger partial charge in [-0.2, -0.15) is 0 Å². The Bertz CT molecular complexity index is 347. The molecule has 1 atom stereocenters. The van der Waals surface area contributed by atoms with Gasteiger partial charge in [0.15, 0.2) is 0 Å². The van der Waals surface area contributed by atoms with Crippen LogP contribution >= 0.6 is 0 Å². The minimum atomic E-state index is -0.140. The van der Waals surface area contributed by atoms with Crippen LogP contribution in [0.2, 0.25) is 0 Å². The van der Waals surface area contributed by atoms with Crippen LogP contribution in [0.1, 0.15) is 38.3 Å². The molecule has 0 saturated carbocycles. The fourth-order valence-electron chi connectivity index (χ4n) is 2.18. The van der Waals surface area contributed by atoms with Crippen molar-refractivity contribution >= 4 is 0 Å². The highest BCUT2D eigenvalue weighted by atomic mass is 19.1. The Kier molecular flexibility index (Phi) is 5.63. The van der Waals surface area contributed by atoms with E-state index in [2.05, 4.69) is 26.1 Å². The molecular formula is C15H24FN. The Morgan fingerprint density at radius 3 is 2.53 bits per heavy atom. The minimum Gasteiger partial charge on any atom is -0.314 e. The number of nitrogens with one attached hydrogen (secondary N) is 1. The maximum Gasteiger partial charge on any atom is 0.123 e. The molecule has 1 aromatic carbocycles. The third-order valence-electron chi connectivity index (χ3n) is 3.30. The lowest BCUT2D eigenvalue weighted by molar-refractivity contribution is 0.385. The molecule has 96 valence electrons. The van der Waals surface area contributed by atoms with Crippen LogP contribution in [-0.2, 0) is 6.42 Å². The van der Waals surface area contributed by atoms with Crippen LogP contribution in [0.5, 0.6) is 0 Å². The van der Waals surface area contributed by atoms with Gasteiger partial charge in [0.05, 0.1) is 0 Å². The SMILES string of the molecule is CCNC(CCc1ccc(F)cc1C)C(C)C. The van der Waals surface area contributed by atoms with Gasteiger partial charge >= 0.3 is 0 Å². The molecule has 0 bridgehead atoms. The maximum absolute atomic E-state index is 13.0. The highest BCUT2D eigenvalue weighted by Gasteiger charge is 2.12. The Hall–Kier alpha value is -0.890. The van der Waals surface area contributed by atoms with Crippen LogP contribution in [0.4, 0.5) is 4.39 Å². The Morgan fingerprint density at radius 1 is 1.29 bits per heavy atom. The summed E-state index contributed by atoms with van der Waals surface area (Å²) in [6.07, 6.45) is 2.12. The van der Waals surface area contributed by atoms with Gasteiger partial charge in [-0.25, -0.2) is 4.39 Å². The van der Waals surface area contributed by atoms with E-state index in [1.54, 1.807) is 12.1 Å². The van der Waals surface area contributed by atoms with Crippen LogP contribution in [0, 0.1) is 18.7 Å². The van der Waals surface area contributed by atoms with E-state index in [-0.39, 0.29) is 5.82 Å². The van der Waals surface area contributed by atoms with E-state index in [9.17, 15) is 4.39 Å². The van der Waals surface area contributed by atoms with Crippen molar-refractivity contribution < 1.29 is 4.39 Å². The summed E-state index contributed by atoms with van der Waals surface area (Å²) in [4.78, 5) is 0. The Morgan fingerprint density at radius 2 is 2.00 bits per heavy atom. The van der Waals surface area contributed by atoms with Crippen LogP contribution < -0.4 is 5.32 Å². The van der Waals surface area contributed by atoms with Crippen molar-refractivity contribution in [3.63, 3.8) is 0 Å². The number of halogens is 1. The molecule has 0 heterocycles. The molecule has 0 amide bonds. The lowest BCUT2D eigenvalue weighted by Crippen LogP contribution is -2.34. The summed E-state index contributed by atoms with van der Waals surface area (Å²) in [5.74, 6) is 0.494. The van der Waals surface area contributed by atoms with E-state index in [1.165, 1.54) is 5.56 Å². The van der Waals surface area contributed by atoms with Crippen molar-refractivity contribution in [3.8, 4) is 0 Å². The Labute approximate surface area is 104 Å². The minimum absolute atomic E-state index is 0.140. The maximum atomic E-state index is 13.0. The van der Waals surface area contributed by atoms with Gasteiger partial charge in [-0.05, 0) is 55.5 Å². The molecule has 0 aliphatic heterocycles. The Balaban J connectivity index is 2.59. The summed E-state index contributed by atoms with van der Waals surface area (Å²) in [5, 5.41) is 3.51. The summed E-state index contributed by atoms with van der Waals surface area (Å²) < 4.78 is 13.0. The molecular weight excluding hydrogens is 213 g/mol. The summed E-state index contributed by atoms with van der Waals surface area (Å²) >= 11 is 0. The monoisotopic (exact) mass is 237 g/mol. The van der Waals surface area contributed by atoms with Crippen LogP contribution in [0.25, 0.3) is 0 Å². The smallest absolute Gasteiger partial charge is 0.123 e. The zero-order valence-electron chi connectivity index (χ0n) is 11.4. The van der Waals surface area contributed by atoms with E-state index in [0.29, 0.717) is 12.0 Å². The van der Waals surface area contributed by atoms with Crippen molar-refractivity contribution in [3.05, 3.63) is 35.1 Å². The van der Waals surface area contributed by atoms with Gasteiger partial charge in [-0.1, -0.05) is 26.8 Å². The van der Waals surface area contributed by atoms with E-state index in [1.807, 2.05) is 13.0 Å². The van der Waals surface area contributed by atoms with Crippen molar-refractivity contribution in [2.24, 2.45) is 5.92 Å². The van der Waals surface area contributed by atoms with Crippen molar-refractivity contribution in [1.82, 2.24) is 5.32 Å². The molecule has 17 heavy (non-hydrogen) atoms. The molecule has 1 N–H and O–H groups in total. The molecule has 1 aromatic rings. The highest BCUT2D eigenvalue weighted by molar-refractivity contribution is 5.26. The van der Waals surface area contributed by atoms with Gasteiger partial charge in [0.25, 0.3) is 0 Å². The van der Waals surface area contributed by atoms with E-state index < -0.39 is 0 Å². The number of aryl methyl sites for hydroxylation is 2. The van der Waals surface area contributed by atoms with Crippen LogP contribution in [-0.4, -0.2) is 12.6 Å². The molecule has 0 saturated heterocycles. The topological polar surface area (TPSA) is 12.0 Å². The number of hydrogen-bond donors (Lipinski definition) is 1. The second-order valence-corrected chi connectivity index (χ2v) is 5.02. The normalized spacial score (nSPS) is 13.1. The fraction of sp³-hybridized carbons (Fsp3) is 0.600. The summed E-state index contributed by atoms with van der Waals surface area (Å²) in [6, 6.07) is 5.63. The van der Waals surface area contributed by atoms with Gasteiger partial charge in [0.1, 0.15) is 5.82 Å². The molecule has 0 aromatic heterocycles. The first-order valence-electron chi connectivity index (χ1n) is 6.53. The molecule has 0 spiro atoms. The predicted octanol–water partition coefficient (Wildman–Crippen LogP) is 3.70. The first-order valence-corrected chi connectivity index (χ1v) is 6.53. The van der Waals surface area contributed by atoms with E-state index in [4.69, 9.17) is 0 Å². The van der Waals surface area contributed by atoms with Crippen molar-refractivity contribution in [2.75, 3.05) is 6.54 Å². The first-order chi connectivity index (χ1) is 8.04. The van der Waals surface area contributed by atoms with E-state index >= 15 is 0 Å². The molecule has 1 rings (SSSR count). The summed E-state index contributed by atoms with van der Waals surface area (Å²) in [5.41, 5.74) is 2.32. The fourth-order valence-corrected chi connectivity index (χ4v) is 2.18. The van der Waals surface area contributed by atoms with Crippen LogP contribution in [0.15, 0.2) is 18.2 Å². The zero-order valence-corrected chi connectivity index (χ0v) is 11.4. The molecule has 0 aliphatic carbocycles. The molecule has 0 aliphatic rings. The predicted molar refractivity (Wildman–Crippen MR) is 71.8 cm³/mol. The summed E-state index contributed by atoms with van der Waals surface area (Å²) in [7, 11) is 0. The van der Waals surface area contributed by atoms with Gasteiger partial charge in [0, 0.05) is 6.04 Å². The third kappa shape index (κ3) is 4.47. The number of hydrogen-bond acceptors (Lipinski definition) is 1. The molecule has 2 heteroatoms. The quantitative estimate of drug-likeness (QED) is 0.795. The number of benzene rings is 1. The molecule has 0 fully saturated rings. The second kappa shape index (κ2) is 6.75. The zero-order chi connectivity index (χ0) is 12.8. The van der Waals surface area contributed by atoms with Crippen molar-refractivity contribution in [1.29, 1.82) is 0 Å². The standard InChI is InChI=1S/C15H24FN/c1-5-17-15(11(2)3)9-7-13-6-8-14(16)10-12(13)4/h6,8,10-11,15,17H,5,7,9H2,1-4H3. The van der Waals surface area contributed by atoms with Crippen molar-refractivity contribution in [2.45, 2.75) is 46.6 Å². The van der Waals surface area contributed by atoms with Gasteiger partial charge in [-0.3, -0.25) is 0 Å². The largest absolute Gasteiger partial charge is 0.314 e. The lowest BCUT2D eigenvalue weighted by atomic mass is 9.95.